The van der Waals surface area contributed by atoms with Crippen LogP contribution in [0.5, 0.6) is 0 Å². The Morgan fingerprint density at radius 2 is 2.33 bits per heavy atom. The van der Waals surface area contributed by atoms with Gasteiger partial charge in [0.1, 0.15) is 0 Å². The van der Waals surface area contributed by atoms with Crippen LogP contribution in [-0.2, 0) is 6.54 Å². The summed E-state index contributed by atoms with van der Waals surface area (Å²) >= 11 is 0. The van der Waals surface area contributed by atoms with Crippen LogP contribution in [0, 0.1) is 13.8 Å². The normalized spacial score (nSPS) is 9.73. The molecule has 0 atom stereocenters. The lowest BCUT2D eigenvalue weighted by atomic mass is 10.3. The third kappa shape index (κ3) is 3.11. The van der Waals surface area contributed by atoms with Gasteiger partial charge in [-0.3, -0.25) is 4.57 Å². The van der Waals surface area contributed by atoms with Crippen molar-refractivity contribution in [2.75, 3.05) is 6.54 Å². The number of aromatic nitrogens is 2. The van der Waals surface area contributed by atoms with Crippen molar-refractivity contribution in [3.63, 3.8) is 0 Å². The molecular formula is C9H13N5O. The van der Waals surface area contributed by atoms with Crippen LogP contribution in [0.4, 0.5) is 0 Å². The lowest BCUT2D eigenvalue weighted by molar-refractivity contribution is 0.595. The number of nitrogens with zero attached hydrogens (tertiary/aromatic N) is 5. The van der Waals surface area contributed by atoms with Gasteiger partial charge in [0.2, 0.25) is 0 Å². The number of aryl methyl sites for hydroxylation is 2. The van der Waals surface area contributed by atoms with E-state index in [-0.39, 0.29) is 5.69 Å². The van der Waals surface area contributed by atoms with E-state index in [1.54, 1.807) is 11.5 Å². The van der Waals surface area contributed by atoms with Crippen molar-refractivity contribution >= 4 is 0 Å². The SMILES string of the molecule is Cc1cc(C)n(CCCN=[N+]=[N-])c(=O)n1. The van der Waals surface area contributed by atoms with Crippen LogP contribution in [0.25, 0.3) is 10.4 Å². The standard InChI is InChI=1S/C9H13N5O/c1-7-6-8(2)14(9(15)12-7)5-3-4-11-13-10/h6H,3-5H2,1-2H3. The number of rotatable bonds is 4. The summed E-state index contributed by atoms with van der Waals surface area (Å²) in [5.74, 6) is 0. The van der Waals surface area contributed by atoms with Crippen molar-refractivity contribution in [1.29, 1.82) is 0 Å². The maximum atomic E-state index is 11.5. The highest BCUT2D eigenvalue weighted by atomic mass is 16.1. The second-order valence-electron chi connectivity index (χ2n) is 3.28. The maximum Gasteiger partial charge on any atom is 0.347 e. The minimum Gasteiger partial charge on any atom is -0.297 e. The fraction of sp³-hybridized carbons (Fsp3) is 0.556. The first kappa shape index (κ1) is 11.3. The first-order valence-electron chi connectivity index (χ1n) is 4.71. The first-order chi connectivity index (χ1) is 7.15. The minimum atomic E-state index is -0.242. The molecular weight excluding hydrogens is 194 g/mol. The van der Waals surface area contributed by atoms with Crippen molar-refractivity contribution in [2.45, 2.75) is 26.8 Å². The highest BCUT2D eigenvalue weighted by Crippen LogP contribution is 1.98. The van der Waals surface area contributed by atoms with E-state index in [9.17, 15) is 4.79 Å². The molecule has 6 heteroatoms. The maximum absolute atomic E-state index is 11.5. The lowest BCUT2D eigenvalue weighted by Gasteiger charge is -2.08. The first-order valence-corrected chi connectivity index (χ1v) is 4.71. The van der Waals surface area contributed by atoms with Crippen LogP contribution in [0.3, 0.4) is 0 Å². The fourth-order valence-electron chi connectivity index (χ4n) is 1.39. The fourth-order valence-corrected chi connectivity index (χ4v) is 1.39. The van der Waals surface area contributed by atoms with Gasteiger partial charge < -0.3 is 0 Å². The van der Waals surface area contributed by atoms with E-state index < -0.39 is 0 Å². The molecule has 0 aliphatic heterocycles. The minimum absolute atomic E-state index is 0.242. The molecule has 0 aliphatic rings. The third-order valence-corrected chi connectivity index (χ3v) is 2.05. The van der Waals surface area contributed by atoms with Crippen LogP contribution in [0.15, 0.2) is 16.0 Å². The summed E-state index contributed by atoms with van der Waals surface area (Å²) in [6.07, 6.45) is 0.648. The molecule has 6 nitrogen and oxygen atoms in total. The van der Waals surface area contributed by atoms with E-state index in [0.717, 1.165) is 11.4 Å². The van der Waals surface area contributed by atoms with E-state index in [4.69, 9.17) is 5.53 Å². The van der Waals surface area contributed by atoms with E-state index in [1.165, 1.54) is 0 Å². The van der Waals surface area contributed by atoms with Crippen molar-refractivity contribution in [3.05, 3.63) is 38.4 Å². The Balaban J connectivity index is 2.77. The highest BCUT2D eigenvalue weighted by molar-refractivity contribution is 5.06. The molecule has 0 N–H and O–H groups in total. The van der Waals surface area contributed by atoms with Crippen LogP contribution < -0.4 is 5.69 Å². The molecule has 0 amide bonds. The summed E-state index contributed by atoms with van der Waals surface area (Å²) in [5.41, 5.74) is 9.45. The topological polar surface area (TPSA) is 83.6 Å². The summed E-state index contributed by atoms with van der Waals surface area (Å²) in [5, 5.41) is 3.41. The summed E-state index contributed by atoms with van der Waals surface area (Å²) in [6, 6.07) is 1.86. The van der Waals surface area contributed by atoms with Gasteiger partial charge in [0.25, 0.3) is 0 Å². The third-order valence-electron chi connectivity index (χ3n) is 2.05. The van der Waals surface area contributed by atoms with Crippen LogP contribution in [0.1, 0.15) is 17.8 Å². The van der Waals surface area contributed by atoms with E-state index in [0.29, 0.717) is 19.5 Å². The molecule has 80 valence electrons. The molecule has 1 aromatic rings. The predicted molar refractivity (Wildman–Crippen MR) is 56.6 cm³/mol. The van der Waals surface area contributed by atoms with Gasteiger partial charge in [-0.15, -0.1) is 0 Å². The second-order valence-corrected chi connectivity index (χ2v) is 3.28. The molecule has 0 aromatic carbocycles. The average Bonchev–Trinajstić information content (AvgIpc) is 2.15. The van der Waals surface area contributed by atoms with Gasteiger partial charge in [-0.1, -0.05) is 5.11 Å². The summed E-state index contributed by atoms with van der Waals surface area (Å²) in [7, 11) is 0. The Bertz CT molecular complexity index is 444. The molecule has 0 aliphatic carbocycles. The molecule has 0 saturated carbocycles. The van der Waals surface area contributed by atoms with Gasteiger partial charge in [0, 0.05) is 29.4 Å². The van der Waals surface area contributed by atoms with Gasteiger partial charge in [0.05, 0.1) is 0 Å². The zero-order chi connectivity index (χ0) is 11.3. The Labute approximate surface area is 87.2 Å². The largest absolute Gasteiger partial charge is 0.347 e. The molecule has 0 bridgehead atoms. The average molecular weight is 207 g/mol. The number of hydrogen-bond acceptors (Lipinski definition) is 3. The highest BCUT2D eigenvalue weighted by Gasteiger charge is 2.01. The molecule has 1 rings (SSSR count). The lowest BCUT2D eigenvalue weighted by Crippen LogP contribution is -2.25. The molecule has 0 saturated heterocycles. The second kappa shape index (κ2) is 5.17. The van der Waals surface area contributed by atoms with E-state index in [2.05, 4.69) is 15.0 Å². The van der Waals surface area contributed by atoms with E-state index >= 15 is 0 Å². The molecule has 0 fully saturated rings. The van der Waals surface area contributed by atoms with E-state index in [1.807, 2.05) is 13.0 Å². The van der Waals surface area contributed by atoms with Crippen molar-refractivity contribution in [2.24, 2.45) is 5.11 Å². The Hall–Kier alpha value is -1.81. The summed E-state index contributed by atoms with van der Waals surface area (Å²) in [4.78, 5) is 18.0. The van der Waals surface area contributed by atoms with Crippen LogP contribution in [0.2, 0.25) is 0 Å². The molecule has 0 unspecified atom stereocenters. The Kier molecular flexibility index (Phi) is 3.88. The molecule has 0 radical (unpaired) electrons. The van der Waals surface area contributed by atoms with Crippen LogP contribution >= 0.6 is 0 Å². The molecule has 1 heterocycles. The van der Waals surface area contributed by atoms with Gasteiger partial charge >= 0.3 is 5.69 Å². The zero-order valence-corrected chi connectivity index (χ0v) is 8.84. The zero-order valence-electron chi connectivity index (χ0n) is 8.84. The molecule has 0 spiro atoms. The summed E-state index contributed by atoms with van der Waals surface area (Å²) in [6.45, 7) is 4.59. The van der Waals surface area contributed by atoms with Crippen molar-refractivity contribution in [3.8, 4) is 0 Å². The van der Waals surface area contributed by atoms with Crippen molar-refractivity contribution < 1.29 is 0 Å². The smallest absolute Gasteiger partial charge is 0.297 e. The van der Waals surface area contributed by atoms with Gasteiger partial charge in [-0.25, -0.2) is 4.79 Å². The van der Waals surface area contributed by atoms with Crippen LogP contribution in [-0.4, -0.2) is 16.1 Å². The quantitative estimate of drug-likeness (QED) is 0.325. The Morgan fingerprint density at radius 3 is 2.93 bits per heavy atom. The molecule has 1 aromatic heterocycles. The predicted octanol–water partition coefficient (Wildman–Crippen LogP) is 1.56. The number of hydrogen-bond donors (Lipinski definition) is 0. The van der Waals surface area contributed by atoms with Gasteiger partial charge in [-0.2, -0.15) is 4.98 Å². The summed E-state index contributed by atoms with van der Waals surface area (Å²) < 4.78 is 1.58. The van der Waals surface area contributed by atoms with Gasteiger partial charge in [0.15, 0.2) is 0 Å². The monoisotopic (exact) mass is 207 g/mol. The number of azide groups is 1. The van der Waals surface area contributed by atoms with Gasteiger partial charge in [-0.05, 0) is 31.9 Å². The Morgan fingerprint density at radius 1 is 1.60 bits per heavy atom. The molecule has 15 heavy (non-hydrogen) atoms. The van der Waals surface area contributed by atoms with Crippen molar-refractivity contribution in [1.82, 2.24) is 9.55 Å².